The van der Waals surface area contributed by atoms with Crippen molar-refractivity contribution in [1.82, 2.24) is 4.57 Å². The molecule has 0 N–H and O–H groups in total. The molecule has 0 amide bonds. The molecule has 124 valence electrons. The first-order valence-corrected chi connectivity index (χ1v) is 9.29. The van der Waals surface area contributed by atoms with E-state index in [-0.39, 0.29) is 0 Å². The van der Waals surface area contributed by atoms with Crippen LogP contribution in [0.25, 0.3) is 5.69 Å². The Morgan fingerprint density at radius 3 is 2.76 bits per heavy atom. The van der Waals surface area contributed by atoms with Crippen molar-refractivity contribution in [2.24, 2.45) is 4.99 Å². The molecule has 0 unspecified atom stereocenters. The van der Waals surface area contributed by atoms with Gasteiger partial charge in [-0.2, -0.15) is 0 Å². The van der Waals surface area contributed by atoms with E-state index in [4.69, 9.17) is 28.2 Å². The summed E-state index contributed by atoms with van der Waals surface area (Å²) in [5, 5.41) is 1.31. The lowest BCUT2D eigenvalue weighted by Gasteiger charge is -2.13. The van der Waals surface area contributed by atoms with E-state index in [0.717, 1.165) is 22.7 Å². The molecule has 2 aliphatic rings. The maximum absolute atomic E-state index is 6.46. The highest BCUT2D eigenvalue weighted by Crippen LogP contribution is 2.33. The number of benzene rings is 2. The van der Waals surface area contributed by atoms with Gasteiger partial charge in [0.05, 0.1) is 23.6 Å². The summed E-state index contributed by atoms with van der Waals surface area (Å²) in [6, 6.07) is 14.7. The van der Waals surface area contributed by atoms with E-state index in [1.165, 1.54) is 36.0 Å². The highest BCUT2D eigenvalue weighted by molar-refractivity contribution is 6.35. The Bertz CT molecular complexity index is 1030. The molecular formula is C21H16Cl2N2. The molecule has 3 aromatic rings. The first kappa shape index (κ1) is 15.2. The molecule has 1 aliphatic heterocycles. The molecule has 0 spiro atoms. The SMILES string of the molecule is Clc1cc(Cl)c2c(c1)-n1cccc1C(c1ccc3c(c1)CCC3)=NC2. The fourth-order valence-electron chi connectivity index (χ4n) is 3.94. The summed E-state index contributed by atoms with van der Waals surface area (Å²) in [4.78, 5) is 4.93. The van der Waals surface area contributed by atoms with Crippen LogP contribution < -0.4 is 0 Å². The van der Waals surface area contributed by atoms with Crippen LogP contribution >= 0.6 is 23.2 Å². The Labute approximate surface area is 156 Å². The van der Waals surface area contributed by atoms with Crippen LogP contribution in [0.1, 0.15) is 34.4 Å². The van der Waals surface area contributed by atoms with Crippen molar-refractivity contribution < 1.29 is 0 Å². The number of nitrogens with zero attached hydrogens (tertiary/aromatic N) is 2. The van der Waals surface area contributed by atoms with Gasteiger partial charge in [0.25, 0.3) is 0 Å². The lowest BCUT2D eigenvalue weighted by Crippen LogP contribution is -2.09. The van der Waals surface area contributed by atoms with Crippen molar-refractivity contribution in [3.8, 4) is 5.69 Å². The zero-order valence-electron chi connectivity index (χ0n) is 13.6. The quantitative estimate of drug-likeness (QED) is 0.531. The van der Waals surface area contributed by atoms with E-state index in [2.05, 4.69) is 35.0 Å². The molecule has 0 saturated heterocycles. The summed E-state index contributed by atoms with van der Waals surface area (Å²) in [5.74, 6) is 0. The molecule has 1 aromatic heterocycles. The van der Waals surface area contributed by atoms with Gasteiger partial charge in [0.1, 0.15) is 0 Å². The van der Waals surface area contributed by atoms with Gasteiger partial charge in [-0.25, -0.2) is 0 Å². The molecule has 2 heterocycles. The summed E-state index contributed by atoms with van der Waals surface area (Å²) in [6.07, 6.45) is 5.66. The standard InChI is InChI=1S/C21H16Cl2N2/c22-16-10-18(23)17-12-24-21(19-5-2-8-25(19)20(17)11-16)15-7-6-13-3-1-4-14(13)9-15/h2,5-11H,1,3-4,12H2. The van der Waals surface area contributed by atoms with Crippen molar-refractivity contribution in [3.63, 3.8) is 0 Å². The van der Waals surface area contributed by atoms with Gasteiger partial charge >= 0.3 is 0 Å². The molecule has 2 nitrogen and oxygen atoms in total. The zero-order valence-corrected chi connectivity index (χ0v) is 15.1. The van der Waals surface area contributed by atoms with E-state index >= 15 is 0 Å². The maximum atomic E-state index is 6.46. The minimum Gasteiger partial charge on any atom is -0.315 e. The number of hydrogen-bond acceptors (Lipinski definition) is 1. The number of fused-ring (bicyclic) bond motifs is 4. The van der Waals surface area contributed by atoms with Gasteiger partial charge < -0.3 is 4.57 Å². The van der Waals surface area contributed by atoms with Crippen LogP contribution in [0.3, 0.4) is 0 Å². The molecule has 25 heavy (non-hydrogen) atoms. The van der Waals surface area contributed by atoms with Gasteiger partial charge in [0.15, 0.2) is 0 Å². The predicted octanol–water partition coefficient (Wildman–Crippen LogP) is 5.62. The number of aryl methyl sites for hydroxylation is 2. The van der Waals surface area contributed by atoms with Crippen molar-refractivity contribution in [2.75, 3.05) is 0 Å². The number of halogens is 2. The largest absolute Gasteiger partial charge is 0.315 e. The smallest absolute Gasteiger partial charge is 0.0891 e. The van der Waals surface area contributed by atoms with Gasteiger partial charge in [-0.1, -0.05) is 35.3 Å². The van der Waals surface area contributed by atoms with Crippen molar-refractivity contribution >= 4 is 28.9 Å². The predicted molar refractivity (Wildman–Crippen MR) is 104 cm³/mol. The molecule has 0 saturated carbocycles. The third-order valence-corrected chi connectivity index (χ3v) is 5.71. The Kier molecular flexibility index (Phi) is 3.51. The van der Waals surface area contributed by atoms with Crippen molar-refractivity contribution in [1.29, 1.82) is 0 Å². The topological polar surface area (TPSA) is 17.3 Å². The van der Waals surface area contributed by atoms with Crippen LogP contribution in [0, 0.1) is 0 Å². The maximum Gasteiger partial charge on any atom is 0.0891 e. The number of hydrogen-bond donors (Lipinski definition) is 0. The first-order chi connectivity index (χ1) is 12.2. The van der Waals surface area contributed by atoms with E-state index in [9.17, 15) is 0 Å². The fourth-order valence-corrected chi connectivity index (χ4v) is 4.49. The van der Waals surface area contributed by atoms with Crippen LogP contribution in [0.5, 0.6) is 0 Å². The van der Waals surface area contributed by atoms with Crippen LogP contribution in [-0.4, -0.2) is 10.3 Å². The van der Waals surface area contributed by atoms with Gasteiger partial charge in [-0.15, -0.1) is 0 Å². The van der Waals surface area contributed by atoms with Gasteiger partial charge in [0.2, 0.25) is 0 Å². The average Bonchev–Trinajstić information content (AvgIpc) is 3.22. The number of rotatable bonds is 1. The van der Waals surface area contributed by atoms with Crippen LogP contribution in [0.2, 0.25) is 10.0 Å². The second-order valence-corrected chi connectivity index (χ2v) is 7.49. The van der Waals surface area contributed by atoms with Crippen molar-refractivity contribution in [2.45, 2.75) is 25.8 Å². The summed E-state index contributed by atoms with van der Waals surface area (Å²) in [6.45, 7) is 0.555. The van der Waals surface area contributed by atoms with E-state index in [1.807, 2.05) is 12.1 Å². The van der Waals surface area contributed by atoms with Gasteiger partial charge in [0, 0.05) is 27.4 Å². The molecule has 0 radical (unpaired) electrons. The van der Waals surface area contributed by atoms with Gasteiger partial charge in [-0.05, 0) is 60.7 Å². The molecule has 1 aliphatic carbocycles. The minimum absolute atomic E-state index is 0.555. The second kappa shape index (κ2) is 5.76. The Morgan fingerprint density at radius 2 is 1.84 bits per heavy atom. The molecule has 0 atom stereocenters. The monoisotopic (exact) mass is 366 g/mol. The van der Waals surface area contributed by atoms with E-state index in [1.54, 1.807) is 6.07 Å². The third-order valence-electron chi connectivity index (χ3n) is 5.15. The van der Waals surface area contributed by atoms with E-state index < -0.39 is 0 Å². The summed E-state index contributed by atoms with van der Waals surface area (Å²) in [5.41, 5.74) is 8.23. The lowest BCUT2D eigenvalue weighted by atomic mass is 10.0. The molecule has 4 heteroatoms. The van der Waals surface area contributed by atoms with Gasteiger partial charge in [-0.3, -0.25) is 4.99 Å². The molecule has 2 aromatic carbocycles. The molecular weight excluding hydrogens is 351 g/mol. The Morgan fingerprint density at radius 1 is 0.960 bits per heavy atom. The number of aromatic nitrogens is 1. The Hall–Kier alpha value is -2.03. The van der Waals surface area contributed by atoms with Crippen LogP contribution in [0.4, 0.5) is 0 Å². The molecule has 5 rings (SSSR count). The number of aliphatic imine (C=N–C) groups is 1. The minimum atomic E-state index is 0.555. The zero-order chi connectivity index (χ0) is 17.0. The summed E-state index contributed by atoms with van der Waals surface area (Å²) >= 11 is 12.7. The lowest BCUT2D eigenvalue weighted by molar-refractivity contribution is 0.912. The Balaban J connectivity index is 1.70. The molecule has 0 fully saturated rings. The second-order valence-electron chi connectivity index (χ2n) is 6.65. The highest BCUT2D eigenvalue weighted by Gasteiger charge is 2.21. The van der Waals surface area contributed by atoms with E-state index in [0.29, 0.717) is 16.6 Å². The summed E-state index contributed by atoms with van der Waals surface area (Å²) < 4.78 is 2.14. The highest BCUT2D eigenvalue weighted by atomic mass is 35.5. The van der Waals surface area contributed by atoms with Crippen LogP contribution in [0.15, 0.2) is 53.7 Å². The normalized spacial score (nSPS) is 15.2. The summed E-state index contributed by atoms with van der Waals surface area (Å²) in [7, 11) is 0. The average molecular weight is 367 g/mol. The fraction of sp³-hybridized carbons (Fsp3) is 0.190. The first-order valence-electron chi connectivity index (χ1n) is 8.53. The molecule has 0 bridgehead atoms. The van der Waals surface area contributed by atoms with Crippen LogP contribution in [-0.2, 0) is 19.4 Å². The third kappa shape index (κ3) is 2.44. The van der Waals surface area contributed by atoms with Crippen molar-refractivity contribution in [3.05, 3.63) is 86.7 Å².